The highest BCUT2D eigenvalue weighted by Crippen LogP contribution is 2.32. The molecule has 1 aromatic heterocycles. The first-order valence-corrected chi connectivity index (χ1v) is 11.8. The molecule has 0 atom stereocenters. The molecule has 1 saturated heterocycles. The van der Waals surface area contributed by atoms with E-state index in [4.69, 9.17) is 9.26 Å². The van der Waals surface area contributed by atoms with Crippen molar-refractivity contribution in [3.05, 3.63) is 48.0 Å². The SMILES string of the molecule is CC(C)(C)OC(=O)N1CCN(C(=O)c2ccc(-c3ccc4c(NC5CC5)noc4c3)cc2)CC1. The zero-order valence-electron chi connectivity index (χ0n) is 19.8. The molecule has 8 nitrogen and oxygen atoms in total. The zero-order chi connectivity index (χ0) is 23.9. The van der Waals surface area contributed by atoms with E-state index in [9.17, 15) is 9.59 Å². The van der Waals surface area contributed by atoms with Gasteiger partial charge in [0.05, 0.1) is 5.39 Å². The minimum absolute atomic E-state index is 0.0307. The number of benzene rings is 2. The summed E-state index contributed by atoms with van der Waals surface area (Å²) in [6.45, 7) is 7.45. The standard InChI is InChI=1S/C26H30N4O4/c1-26(2,3)33-25(32)30-14-12-29(13-15-30)24(31)18-6-4-17(5-7-18)19-8-11-21-22(16-19)34-28-23(21)27-20-9-10-20/h4-8,11,16,20H,9-10,12-15H2,1-3H3,(H,27,28). The van der Waals surface area contributed by atoms with Crippen molar-refractivity contribution < 1.29 is 18.8 Å². The molecule has 2 aliphatic rings. The van der Waals surface area contributed by atoms with Gasteiger partial charge in [-0.2, -0.15) is 0 Å². The number of piperazine rings is 1. The van der Waals surface area contributed by atoms with Crippen LogP contribution in [-0.2, 0) is 4.74 Å². The van der Waals surface area contributed by atoms with Crippen LogP contribution in [0.3, 0.4) is 0 Å². The number of amides is 2. The highest BCUT2D eigenvalue weighted by molar-refractivity contribution is 5.95. The van der Waals surface area contributed by atoms with Crippen LogP contribution in [0.2, 0.25) is 0 Å². The lowest BCUT2D eigenvalue weighted by Gasteiger charge is -2.35. The highest BCUT2D eigenvalue weighted by atomic mass is 16.6. The Kier molecular flexibility index (Phi) is 5.67. The maximum atomic E-state index is 13.0. The summed E-state index contributed by atoms with van der Waals surface area (Å²) in [5.41, 5.74) is 2.85. The normalized spacial score (nSPS) is 16.6. The summed E-state index contributed by atoms with van der Waals surface area (Å²) < 4.78 is 11.0. The van der Waals surface area contributed by atoms with Gasteiger partial charge >= 0.3 is 6.09 Å². The molecule has 34 heavy (non-hydrogen) atoms. The molecule has 2 aromatic carbocycles. The van der Waals surface area contributed by atoms with Crippen LogP contribution in [0.15, 0.2) is 47.0 Å². The van der Waals surface area contributed by atoms with Gasteiger partial charge in [-0.3, -0.25) is 4.79 Å². The van der Waals surface area contributed by atoms with E-state index >= 15 is 0 Å². The monoisotopic (exact) mass is 462 g/mol. The van der Waals surface area contributed by atoms with Crippen molar-refractivity contribution >= 4 is 28.8 Å². The third kappa shape index (κ3) is 4.85. The number of aromatic nitrogens is 1. The number of nitrogens with one attached hydrogen (secondary N) is 1. The van der Waals surface area contributed by atoms with Gasteiger partial charge in [0.2, 0.25) is 0 Å². The second kappa shape index (κ2) is 8.66. The predicted molar refractivity (Wildman–Crippen MR) is 130 cm³/mol. The van der Waals surface area contributed by atoms with E-state index in [1.54, 1.807) is 9.80 Å². The van der Waals surface area contributed by atoms with Crippen molar-refractivity contribution in [2.75, 3.05) is 31.5 Å². The summed E-state index contributed by atoms with van der Waals surface area (Å²) in [6.07, 6.45) is 2.02. The first-order valence-electron chi connectivity index (χ1n) is 11.8. The molecule has 1 aliphatic carbocycles. The van der Waals surface area contributed by atoms with Crippen molar-refractivity contribution in [2.45, 2.75) is 45.3 Å². The van der Waals surface area contributed by atoms with E-state index < -0.39 is 5.60 Å². The van der Waals surface area contributed by atoms with Gasteiger partial charge in [-0.05, 0) is 69.0 Å². The van der Waals surface area contributed by atoms with Crippen molar-refractivity contribution in [3.63, 3.8) is 0 Å². The molecule has 178 valence electrons. The molecule has 0 bridgehead atoms. The van der Waals surface area contributed by atoms with Crippen LogP contribution < -0.4 is 5.32 Å². The third-order valence-corrected chi connectivity index (χ3v) is 6.07. The largest absolute Gasteiger partial charge is 0.444 e. The number of carbonyl (C=O) groups is 2. The van der Waals surface area contributed by atoms with E-state index in [1.165, 1.54) is 12.8 Å². The van der Waals surface area contributed by atoms with Gasteiger partial charge in [-0.1, -0.05) is 23.4 Å². The molecule has 8 heteroatoms. The Morgan fingerprint density at radius 2 is 1.62 bits per heavy atom. The lowest BCUT2D eigenvalue weighted by molar-refractivity contribution is 0.0141. The van der Waals surface area contributed by atoms with Crippen LogP contribution in [0.25, 0.3) is 22.1 Å². The number of hydrogen-bond donors (Lipinski definition) is 1. The van der Waals surface area contributed by atoms with Gasteiger partial charge in [0.15, 0.2) is 11.4 Å². The molecule has 5 rings (SSSR count). The Labute approximate surface area is 198 Å². The van der Waals surface area contributed by atoms with E-state index in [0.717, 1.165) is 27.9 Å². The maximum Gasteiger partial charge on any atom is 0.410 e. The molecule has 0 unspecified atom stereocenters. The van der Waals surface area contributed by atoms with Crippen molar-refractivity contribution in [3.8, 4) is 11.1 Å². The molecular formula is C26H30N4O4. The summed E-state index contributed by atoms with van der Waals surface area (Å²) in [4.78, 5) is 28.7. The molecule has 1 saturated carbocycles. The smallest absolute Gasteiger partial charge is 0.410 e. The van der Waals surface area contributed by atoms with Crippen LogP contribution in [0.1, 0.15) is 44.0 Å². The highest BCUT2D eigenvalue weighted by Gasteiger charge is 2.28. The minimum Gasteiger partial charge on any atom is -0.444 e. The van der Waals surface area contributed by atoms with E-state index in [1.807, 2.05) is 63.2 Å². The second-order valence-corrected chi connectivity index (χ2v) is 10.00. The lowest BCUT2D eigenvalue weighted by atomic mass is 10.0. The van der Waals surface area contributed by atoms with Crippen molar-refractivity contribution in [2.24, 2.45) is 0 Å². The molecule has 1 N–H and O–H groups in total. The van der Waals surface area contributed by atoms with Crippen molar-refractivity contribution in [1.82, 2.24) is 15.0 Å². The van der Waals surface area contributed by atoms with Crippen LogP contribution in [-0.4, -0.2) is 64.8 Å². The Morgan fingerprint density at radius 1 is 0.971 bits per heavy atom. The van der Waals surface area contributed by atoms with E-state index in [0.29, 0.717) is 37.8 Å². The number of ether oxygens (including phenoxy) is 1. The third-order valence-electron chi connectivity index (χ3n) is 6.07. The number of carbonyl (C=O) groups excluding carboxylic acids is 2. The van der Waals surface area contributed by atoms with Gasteiger partial charge in [0, 0.05) is 37.8 Å². The molecule has 3 aromatic rings. The fourth-order valence-electron chi connectivity index (χ4n) is 4.05. The Hall–Kier alpha value is -3.55. The van der Waals surface area contributed by atoms with Gasteiger partial charge in [-0.25, -0.2) is 4.79 Å². The first-order chi connectivity index (χ1) is 16.3. The minimum atomic E-state index is -0.528. The number of fused-ring (bicyclic) bond motifs is 1. The van der Waals surface area contributed by atoms with E-state index in [2.05, 4.69) is 10.5 Å². The molecule has 2 fully saturated rings. The Bertz CT molecular complexity index is 1200. The van der Waals surface area contributed by atoms with Gasteiger partial charge < -0.3 is 24.4 Å². The van der Waals surface area contributed by atoms with Crippen LogP contribution in [0, 0.1) is 0 Å². The maximum absolute atomic E-state index is 13.0. The molecule has 2 amide bonds. The molecule has 0 radical (unpaired) electrons. The van der Waals surface area contributed by atoms with Crippen LogP contribution in [0.5, 0.6) is 0 Å². The van der Waals surface area contributed by atoms with Crippen LogP contribution >= 0.6 is 0 Å². The van der Waals surface area contributed by atoms with Crippen LogP contribution in [0.4, 0.5) is 10.6 Å². The number of anilines is 1. The summed E-state index contributed by atoms with van der Waals surface area (Å²) >= 11 is 0. The fourth-order valence-corrected chi connectivity index (χ4v) is 4.05. The predicted octanol–water partition coefficient (Wildman–Crippen LogP) is 4.76. The first kappa shape index (κ1) is 22.3. The summed E-state index contributed by atoms with van der Waals surface area (Å²) in [7, 11) is 0. The fraction of sp³-hybridized carbons (Fsp3) is 0.423. The summed E-state index contributed by atoms with van der Waals surface area (Å²) in [5.74, 6) is 0.772. The number of rotatable bonds is 4. The quantitative estimate of drug-likeness (QED) is 0.601. The molecule has 2 heterocycles. The summed E-state index contributed by atoms with van der Waals surface area (Å²) in [6, 6.07) is 14.2. The molecular weight excluding hydrogens is 432 g/mol. The topological polar surface area (TPSA) is 87.9 Å². The van der Waals surface area contributed by atoms with E-state index in [-0.39, 0.29) is 12.0 Å². The number of hydrogen-bond acceptors (Lipinski definition) is 6. The zero-order valence-corrected chi connectivity index (χ0v) is 19.8. The average molecular weight is 463 g/mol. The van der Waals surface area contributed by atoms with Gasteiger partial charge in [0.1, 0.15) is 5.60 Å². The Morgan fingerprint density at radius 3 is 2.26 bits per heavy atom. The lowest BCUT2D eigenvalue weighted by Crippen LogP contribution is -2.51. The number of nitrogens with zero attached hydrogens (tertiary/aromatic N) is 3. The molecule has 1 aliphatic heterocycles. The van der Waals surface area contributed by atoms with Gasteiger partial charge in [0.25, 0.3) is 5.91 Å². The summed E-state index contributed by atoms with van der Waals surface area (Å²) in [5, 5.41) is 8.54. The van der Waals surface area contributed by atoms with Gasteiger partial charge in [-0.15, -0.1) is 0 Å². The second-order valence-electron chi connectivity index (χ2n) is 10.00. The Balaban J connectivity index is 1.22. The van der Waals surface area contributed by atoms with Crippen molar-refractivity contribution in [1.29, 1.82) is 0 Å². The average Bonchev–Trinajstić information content (AvgIpc) is 3.56. The molecule has 0 spiro atoms.